The van der Waals surface area contributed by atoms with Gasteiger partial charge in [0.1, 0.15) is 22.9 Å². The Hall–Kier alpha value is -2.47. The smallest absolute Gasteiger partial charge is 0.293 e. The quantitative estimate of drug-likeness (QED) is 0.528. The predicted octanol–water partition coefficient (Wildman–Crippen LogP) is 3.63. The van der Waals surface area contributed by atoms with Crippen LogP contribution in [0.1, 0.15) is 0 Å². The number of benzene rings is 2. The number of methoxy groups -OCH3 is 1. The van der Waals surface area contributed by atoms with Gasteiger partial charge in [0, 0.05) is 12.1 Å². The maximum atomic E-state index is 10.7. The zero-order chi connectivity index (χ0) is 14.7. The first-order valence-corrected chi connectivity index (χ1v) is 5.94. The highest BCUT2D eigenvalue weighted by molar-refractivity contribution is 6.32. The number of nitrogen functional groups attached to an aromatic ring is 1. The molecular weight excluding hydrogens is 284 g/mol. The summed E-state index contributed by atoms with van der Waals surface area (Å²) in [6.07, 6.45) is 0. The van der Waals surface area contributed by atoms with Gasteiger partial charge >= 0.3 is 0 Å². The minimum Gasteiger partial charge on any atom is -0.497 e. The van der Waals surface area contributed by atoms with Crippen molar-refractivity contribution in [3.05, 3.63) is 51.5 Å². The summed E-state index contributed by atoms with van der Waals surface area (Å²) < 4.78 is 10.6. The van der Waals surface area contributed by atoms with Crippen molar-refractivity contribution in [2.24, 2.45) is 0 Å². The van der Waals surface area contributed by atoms with E-state index in [4.69, 9.17) is 26.8 Å². The summed E-state index contributed by atoms with van der Waals surface area (Å²) in [5, 5.41) is 10.8. The van der Waals surface area contributed by atoms with Gasteiger partial charge in [0.05, 0.1) is 17.1 Å². The van der Waals surface area contributed by atoms with Crippen molar-refractivity contribution < 1.29 is 14.4 Å². The van der Waals surface area contributed by atoms with E-state index in [-0.39, 0.29) is 22.1 Å². The molecule has 0 radical (unpaired) electrons. The zero-order valence-corrected chi connectivity index (χ0v) is 11.3. The number of nitro groups is 1. The van der Waals surface area contributed by atoms with Gasteiger partial charge in [-0.05, 0) is 24.3 Å². The molecule has 0 heterocycles. The van der Waals surface area contributed by atoms with Gasteiger partial charge in [-0.2, -0.15) is 0 Å². The lowest BCUT2D eigenvalue weighted by Crippen LogP contribution is -1.97. The minimum absolute atomic E-state index is 0.0112. The number of rotatable bonds is 4. The van der Waals surface area contributed by atoms with Crippen LogP contribution in [0.15, 0.2) is 36.4 Å². The SMILES string of the molecule is COc1ccc(Oc2cc(N)c([N+](=O)[O-])cc2Cl)cc1. The second-order valence-electron chi connectivity index (χ2n) is 3.88. The lowest BCUT2D eigenvalue weighted by Gasteiger charge is -2.09. The molecule has 104 valence electrons. The largest absolute Gasteiger partial charge is 0.497 e. The molecule has 0 saturated heterocycles. The summed E-state index contributed by atoms with van der Waals surface area (Å²) in [5.41, 5.74) is 5.33. The monoisotopic (exact) mass is 294 g/mol. The summed E-state index contributed by atoms with van der Waals surface area (Å²) >= 11 is 5.94. The van der Waals surface area contributed by atoms with Crippen molar-refractivity contribution in [3.8, 4) is 17.2 Å². The molecule has 2 aromatic carbocycles. The fraction of sp³-hybridized carbons (Fsp3) is 0.0769. The first-order valence-electron chi connectivity index (χ1n) is 5.56. The second kappa shape index (κ2) is 5.66. The van der Waals surface area contributed by atoms with Crippen LogP contribution in [0.3, 0.4) is 0 Å². The molecule has 20 heavy (non-hydrogen) atoms. The number of nitro benzene ring substituents is 1. The topological polar surface area (TPSA) is 87.6 Å². The fourth-order valence-electron chi connectivity index (χ4n) is 1.57. The molecule has 0 aliphatic heterocycles. The van der Waals surface area contributed by atoms with E-state index in [1.54, 1.807) is 31.4 Å². The van der Waals surface area contributed by atoms with E-state index in [1.807, 2.05) is 0 Å². The average molecular weight is 295 g/mol. The Morgan fingerprint density at radius 3 is 2.35 bits per heavy atom. The Bertz CT molecular complexity index is 644. The average Bonchev–Trinajstić information content (AvgIpc) is 2.43. The molecule has 0 saturated carbocycles. The Balaban J connectivity index is 2.29. The van der Waals surface area contributed by atoms with Crippen LogP contribution in [-0.2, 0) is 0 Å². The number of anilines is 1. The molecule has 0 amide bonds. The molecule has 2 rings (SSSR count). The van der Waals surface area contributed by atoms with E-state index in [9.17, 15) is 10.1 Å². The third kappa shape index (κ3) is 2.92. The molecule has 0 aliphatic rings. The number of halogens is 1. The highest BCUT2D eigenvalue weighted by atomic mass is 35.5. The molecular formula is C13H11ClN2O4. The second-order valence-corrected chi connectivity index (χ2v) is 4.28. The minimum atomic E-state index is -0.599. The van der Waals surface area contributed by atoms with Gasteiger partial charge in [-0.25, -0.2) is 0 Å². The van der Waals surface area contributed by atoms with Crippen molar-refractivity contribution in [3.63, 3.8) is 0 Å². The van der Waals surface area contributed by atoms with Crippen LogP contribution in [0.5, 0.6) is 17.2 Å². The lowest BCUT2D eigenvalue weighted by atomic mass is 10.2. The summed E-state index contributed by atoms with van der Waals surface area (Å²) in [6.45, 7) is 0. The number of hydrogen-bond donors (Lipinski definition) is 1. The van der Waals surface area contributed by atoms with E-state index >= 15 is 0 Å². The molecule has 7 heteroatoms. The van der Waals surface area contributed by atoms with Gasteiger partial charge in [0.25, 0.3) is 5.69 Å². The van der Waals surface area contributed by atoms with Gasteiger partial charge in [-0.3, -0.25) is 10.1 Å². The summed E-state index contributed by atoms with van der Waals surface area (Å²) in [4.78, 5) is 10.1. The molecule has 0 spiro atoms. The van der Waals surface area contributed by atoms with Gasteiger partial charge in [0.15, 0.2) is 0 Å². The molecule has 0 aliphatic carbocycles. The Kier molecular flexibility index (Phi) is 3.95. The molecule has 0 aromatic heterocycles. The normalized spacial score (nSPS) is 10.1. The van der Waals surface area contributed by atoms with E-state index in [0.717, 1.165) is 6.07 Å². The third-order valence-corrected chi connectivity index (χ3v) is 2.86. The summed E-state index contributed by atoms with van der Waals surface area (Å²) in [7, 11) is 1.56. The van der Waals surface area contributed by atoms with Crippen LogP contribution in [0.25, 0.3) is 0 Å². The van der Waals surface area contributed by atoms with E-state index in [0.29, 0.717) is 11.5 Å². The number of ether oxygens (including phenoxy) is 2. The fourth-order valence-corrected chi connectivity index (χ4v) is 1.76. The van der Waals surface area contributed by atoms with Crippen LogP contribution in [-0.4, -0.2) is 12.0 Å². The van der Waals surface area contributed by atoms with Crippen LogP contribution >= 0.6 is 11.6 Å². The predicted molar refractivity (Wildman–Crippen MR) is 75.6 cm³/mol. The van der Waals surface area contributed by atoms with Crippen molar-refractivity contribution in [2.75, 3.05) is 12.8 Å². The van der Waals surface area contributed by atoms with Gasteiger partial charge in [-0.1, -0.05) is 11.6 Å². The van der Waals surface area contributed by atoms with Gasteiger partial charge in [-0.15, -0.1) is 0 Å². The van der Waals surface area contributed by atoms with Gasteiger partial charge < -0.3 is 15.2 Å². The molecule has 2 aromatic rings. The zero-order valence-electron chi connectivity index (χ0n) is 10.5. The molecule has 6 nitrogen and oxygen atoms in total. The van der Waals surface area contributed by atoms with Crippen LogP contribution in [0.2, 0.25) is 5.02 Å². The molecule has 0 unspecified atom stereocenters. The first kappa shape index (κ1) is 14.0. The van der Waals surface area contributed by atoms with Crippen LogP contribution < -0.4 is 15.2 Å². The Morgan fingerprint density at radius 2 is 1.80 bits per heavy atom. The van der Waals surface area contributed by atoms with E-state index in [1.165, 1.54) is 6.07 Å². The van der Waals surface area contributed by atoms with Crippen molar-refractivity contribution in [1.29, 1.82) is 0 Å². The molecule has 0 bridgehead atoms. The molecule has 2 N–H and O–H groups in total. The first-order chi connectivity index (χ1) is 9.51. The third-order valence-electron chi connectivity index (χ3n) is 2.57. The van der Waals surface area contributed by atoms with Crippen LogP contribution in [0.4, 0.5) is 11.4 Å². The molecule has 0 fully saturated rings. The van der Waals surface area contributed by atoms with E-state index < -0.39 is 4.92 Å². The van der Waals surface area contributed by atoms with Crippen molar-refractivity contribution >= 4 is 23.0 Å². The lowest BCUT2D eigenvalue weighted by molar-refractivity contribution is -0.383. The maximum Gasteiger partial charge on any atom is 0.293 e. The van der Waals surface area contributed by atoms with Crippen molar-refractivity contribution in [1.82, 2.24) is 0 Å². The van der Waals surface area contributed by atoms with Crippen LogP contribution in [0, 0.1) is 10.1 Å². The Morgan fingerprint density at radius 1 is 1.20 bits per heavy atom. The highest BCUT2D eigenvalue weighted by Gasteiger charge is 2.16. The van der Waals surface area contributed by atoms with Crippen molar-refractivity contribution in [2.45, 2.75) is 0 Å². The van der Waals surface area contributed by atoms with E-state index in [2.05, 4.69) is 0 Å². The number of nitrogens with two attached hydrogens (primary N) is 1. The summed E-state index contributed by atoms with van der Waals surface area (Å²) in [5.74, 6) is 1.45. The standard InChI is InChI=1S/C13H11ClN2O4/c1-19-8-2-4-9(5-3-8)20-13-7-11(15)12(16(17)18)6-10(13)14/h2-7H,15H2,1H3. The number of nitrogens with zero attached hydrogens (tertiary/aromatic N) is 1. The Labute approximate surface area is 119 Å². The van der Waals surface area contributed by atoms with Gasteiger partial charge in [0.2, 0.25) is 0 Å². The summed E-state index contributed by atoms with van der Waals surface area (Å²) in [6, 6.07) is 9.30. The highest BCUT2D eigenvalue weighted by Crippen LogP contribution is 2.36. The maximum absolute atomic E-state index is 10.7. The molecule has 0 atom stereocenters. The number of hydrogen-bond acceptors (Lipinski definition) is 5.